The monoisotopic (exact) mass is 367 g/mol. The van der Waals surface area contributed by atoms with Gasteiger partial charge in [-0.3, -0.25) is 9.59 Å². The van der Waals surface area contributed by atoms with Gasteiger partial charge in [0.25, 0.3) is 5.91 Å². The lowest BCUT2D eigenvalue weighted by molar-refractivity contribution is -0.118. The maximum atomic E-state index is 12.2. The van der Waals surface area contributed by atoms with E-state index in [1.54, 1.807) is 36.4 Å². The molecule has 0 atom stereocenters. The van der Waals surface area contributed by atoms with Crippen LogP contribution in [-0.4, -0.2) is 25.0 Å². The van der Waals surface area contributed by atoms with Crippen molar-refractivity contribution in [3.05, 3.63) is 47.5 Å². The Kier molecular flexibility index (Phi) is 6.78. The highest BCUT2D eigenvalue weighted by Crippen LogP contribution is 2.28. The fourth-order valence-electron chi connectivity index (χ4n) is 2.38. The van der Waals surface area contributed by atoms with Crippen molar-refractivity contribution in [2.45, 2.75) is 20.8 Å². The van der Waals surface area contributed by atoms with Crippen LogP contribution in [0.1, 0.15) is 25.0 Å². The van der Waals surface area contributed by atoms with E-state index in [2.05, 4.69) is 10.6 Å². The minimum atomic E-state index is -0.339. The van der Waals surface area contributed by atoms with E-state index >= 15 is 0 Å². The first-order valence-corrected chi connectivity index (χ1v) is 8.40. The predicted molar refractivity (Wildman–Crippen MR) is 102 cm³/mol. The van der Waals surface area contributed by atoms with Crippen molar-refractivity contribution in [2.24, 2.45) is 0 Å². The predicted octanol–water partition coefficient (Wildman–Crippen LogP) is 3.24. The number of aryl methyl sites for hydroxylation is 1. The van der Waals surface area contributed by atoms with E-state index in [9.17, 15) is 9.59 Å². The second kappa shape index (κ2) is 9.25. The summed E-state index contributed by atoms with van der Waals surface area (Å²) in [5.41, 5.74) is 2.57. The van der Waals surface area contributed by atoms with Crippen LogP contribution in [0.3, 0.4) is 0 Å². The third kappa shape index (κ3) is 5.75. The molecular formula is C20H21N3O4. The topological polar surface area (TPSA) is 100 Å². The Labute approximate surface area is 157 Å². The number of benzene rings is 2. The van der Waals surface area contributed by atoms with Crippen LogP contribution >= 0.6 is 0 Å². The van der Waals surface area contributed by atoms with Gasteiger partial charge < -0.3 is 20.1 Å². The van der Waals surface area contributed by atoms with E-state index in [-0.39, 0.29) is 18.4 Å². The average Bonchev–Trinajstić information content (AvgIpc) is 2.63. The number of anilines is 2. The van der Waals surface area contributed by atoms with Gasteiger partial charge in [-0.15, -0.1) is 0 Å². The van der Waals surface area contributed by atoms with Crippen LogP contribution in [0.4, 0.5) is 11.4 Å². The Hall–Kier alpha value is -3.53. The minimum absolute atomic E-state index is 0.157. The highest BCUT2D eigenvalue weighted by molar-refractivity contribution is 5.93. The van der Waals surface area contributed by atoms with Gasteiger partial charge in [0.1, 0.15) is 0 Å². The molecule has 0 aliphatic carbocycles. The molecule has 2 rings (SSSR count). The van der Waals surface area contributed by atoms with Crippen molar-refractivity contribution < 1.29 is 19.1 Å². The molecule has 2 N–H and O–H groups in total. The fourth-order valence-corrected chi connectivity index (χ4v) is 2.38. The van der Waals surface area contributed by atoms with Crippen molar-refractivity contribution in [1.29, 1.82) is 5.26 Å². The third-order valence-corrected chi connectivity index (χ3v) is 3.55. The fraction of sp³-hybridized carbons (Fsp3) is 0.250. The molecule has 0 aliphatic rings. The first kappa shape index (κ1) is 19.8. The van der Waals surface area contributed by atoms with Gasteiger partial charge in [-0.1, -0.05) is 0 Å². The zero-order chi connectivity index (χ0) is 19.8. The third-order valence-electron chi connectivity index (χ3n) is 3.55. The Bertz CT molecular complexity index is 887. The summed E-state index contributed by atoms with van der Waals surface area (Å²) in [7, 11) is 0. The Morgan fingerprint density at radius 1 is 1.07 bits per heavy atom. The molecule has 0 saturated carbocycles. The molecule has 0 aromatic heterocycles. The summed E-state index contributed by atoms with van der Waals surface area (Å²) in [6.07, 6.45) is 0. The SMILES string of the molecule is CCOc1cc(C#N)ccc1OCC(=O)Nc1ccc(NC(C)=O)c(C)c1. The molecule has 0 heterocycles. The number of carbonyl (C=O) groups excluding carboxylic acids is 2. The number of nitriles is 1. The highest BCUT2D eigenvalue weighted by atomic mass is 16.5. The van der Waals surface area contributed by atoms with E-state index in [0.717, 1.165) is 5.56 Å². The molecule has 0 unspecified atom stereocenters. The lowest BCUT2D eigenvalue weighted by Gasteiger charge is -2.13. The number of hydrogen-bond acceptors (Lipinski definition) is 5. The normalized spacial score (nSPS) is 9.85. The van der Waals surface area contributed by atoms with Gasteiger partial charge in [0.15, 0.2) is 18.1 Å². The first-order valence-electron chi connectivity index (χ1n) is 8.40. The zero-order valence-corrected chi connectivity index (χ0v) is 15.5. The summed E-state index contributed by atoms with van der Waals surface area (Å²) < 4.78 is 11.0. The van der Waals surface area contributed by atoms with E-state index in [4.69, 9.17) is 14.7 Å². The second-order valence-electron chi connectivity index (χ2n) is 5.75. The molecule has 2 amide bonds. The lowest BCUT2D eigenvalue weighted by Crippen LogP contribution is -2.20. The molecule has 7 nitrogen and oxygen atoms in total. The summed E-state index contributed by atoms with van der Waals surface area (Å²) in [5.74, 6) is 0.312. The number of ether oxygens (including phenoxy) is 2. The minimum Gasteiger partial charge on any atom is -0.490 e. The van der Waals surface area contributed by atoms with Gasteiger partial charge in [-0.2, -0.15) is 5.26 Å². The molecule has 0 fully saturated rings. The van der Waals surface area contributed by atoms with Gasteiger partial charge in [0.2, 0.25) is 5.91 Å². The lowest BCUT2D eigenvalue weighted by atomic mass is 10.1. The Balaban J connectivity index is 1.99. The summed E-state index contributed by atoms with van der Waals surface area (Å²) in [4.78, 5) is 23.3. The summed E-state index contributed by atoms with van der Waals surface area (Å²) in [6.45, 7) is 5.30. The number of nitrogens with one attached hydrogen (secondary N) is 2. The molecule has 27 heavy (non-hydrogen) atoms. The van der Waals surface area contributed by atoms with E-state index in [1.165, 1.54) is 6.92 Å². The highest BCUT2D eigenvalue weighted by Gasteiger charge is 2.10. The largest absolute Gasteiger partial charge is 0.490 e. The van der Waals surface area contributed by atoms with Gasteiger partial charge >= 0.3 is 0 Å². The van der Waals surface area contributed by atoms with Gasteiger partial charge in [0, 0.05) is 24.4 Å². The summed E-state index contributed by atoms with van der Waals surface area (Å²) >= 11 is 0. The number of rotatable bonds is 7. The molecule has 0 bridgehead atoms. The summed E-state index contributed by atoms with van der Waals surface area (Å²) in [6, 6.07) is 12.0. The average molecular weight is 367 g/mol. The number of hydrogen-bond donors (Lipinski definition) is 2. The van der Waals surface area contributed by atoms with Crippen molar-refractivity contribution >= 4 is 23.2 Å². The number of amides is 2. The number of nitrogens with zero attached hydrogens (tertiary/aromatic N) is 1. The van der Waals surface area contributed by atoms with Gasteiger partial charge in [-0.05, 0) is 49.7 Å². The van der Waals surface area contributed by atoms with Crippen LogP contribution < -0.4 is 20.1 Å². The Morgan fingerprint density at radius 2 is 1.85 bits per heavy atom. The number of carbonyl (C=O) groups is 2. The molecule has 0 spiro atoms. The van der Waals surface area contributed by atoms with Crippen LogP contribution in [0.5, 0.6) is 11.5 Å². The molecule has 0 radical (unpaired) electrons. The quantitative estimate of drug-likeness (QED) is 0.782. The van der Waals surface area contributed by atoms with Crippen molar-refractivity contribution in [3.63, 3.8) is 0 Å². The van der Waals surface area contributed by atoms with Crippen molar-refractivity contribution in [2.75, 3.05) is 23.8 Å². The van der Waals surface area contributed by atoms with Crippen LogP contribution in [0.2, 0.25) is 0 Å². The van der Waals surface area contributed by atoms with Crippen LogP contribution in [-0.2, 0) is 9.59 Å². The zero-order valence-electron chi connectivity index (χ0n) is 15.5. The molecule has 0 aliphatic heterocycles. The van der Waals surface area contributed by atoms with E-state index < -0.39 is 0 Å². The molecule has 0 saturated heterocycles. The molecule has 140 valence electrons. The molecule has 2 aromatic rings. The van der Waals surface area contributed by atoms with E-state index in [0.29, 0.717) is 35.0 Å². The maximum absolute atomic E-state index is 12.2. The molecular weight excluding hydrogens is 346 g/mol. The molecule has 7 heteroatoms. The van der Waals surface area contributed by atoms with E-state index in [1.807, 2.05) is 19.9 Å². The van der Waals surface area contributed by atoms with Crippen LogP contribution in [0.15, 0.2) is 36.4 Å². The first-order chi connectivity index (χ1) is 12.9. The second-order valence-corrected chi connectivity index (χ2v) is 5.75. The Morgan fingerprint density at radius 3 is 2.48 bits per heavy atom. The maximum Gasteiger partial charge on any atom is 0.262 e. The van der Waals surface area contributed by atoms with Gasteiger partial charge in [-0.25, -0.2) is 0 Å². The smallest absolute Gasteiger partial charge is 0.262 e. The van der Waals surface area contributed by atoms with Crippen LogP contribution in [0.25, 0.3) is 0 Å². The van der Waals surface area contributed by atoms with Crippen molar-refractivity contribution in [1.82, 2.24) is 0 Å². The van der Waals surface area contributed by atoms with Gasteiger partial charge in [0.05, 0.1) is 18.2 Å². The molecule has 2 aromatic carbocycles. The van der Waals surface area contributed by atoms with Crippen molar-refractivity contribution in [3.8, 4) is 17.6 Å². The summed E-state index contributed by atoms with van der Waals surface area (Å²) in [5, 5.41) is 14.4. The standard InChI is InChI=1S/C20H21N3O4/c1-4-26-19-10-15(11-21)5-8-18(19)27-12-20(25)23-16-6-7-17(13(2)9-16)22-14(3)24/h5-10H,4,12H2,1-3H3,(H,22,24)(H,23,25). The van der Waals surface area contributed by atoms with Crippen LogP contribution in [0, 0.1) is 18.3 Å².